The molecule has 2 aromatic carbocycles. The molecule has 14 heteroatoms. The molecule has 1 atom stereocenters. The number of nitrogen functional groups attached to an aromatic ring is 1. The molecule has 0 aliphatic carbocycles. The first-order valence-electron chi connectivity index (χ1n) is 10.8. The van der Waals surface area contributed by atoms with Gasteiger partial charge in [-0.3, -0.25) is 34.2 Å². The Morgan fingerprint density at radius 1 is 1.11 bits per heavy atom. The number of imide groups is 4. The van der Waals surface area contributed by atoms with Crippen LogP contribution in [0.4, 0.5) is 16.2 Å². The second kappa shape index (κ2) is 9.56. The third-order valence-corrected chi connectivity index (χ3v) is 5.99. The molecule has 1 saturated heterocycles. The number of anilines is 1. The molecule has 0 spiro atoms. The maximum atomic E-state index is 13.1. The number of carbonyl (C=O) groups excluding carboxylic acids is 5. The number of nitrogens with zero attached hydrogens (tertiary/aromatic N) is 3. The lowest BCUT2D eigenvalue weighted by Gasteiger charge is -2.32. The molecule has 37 heavy (non-hydrogen) atoms. The first-order chi connectivity index (χ1) is 17.6. The maximum Gasteiger partial charge on any atom is 0.423 e. The van der Waals surface area contributed by atoms with Crippen LogP contribution < -0.4 is 15.2 Å². The van der Waals surface area contributed by atoms with Crippen molar-refractivity contribution in [3.63, 3.8) is 0 Å². The summed E-state index contributed by atoms with van der Waals surface area (Å²) < 4.78 is 15.2. The van der Waals surface area contributed by atoms with E-state index in [0.717, 1.165) is 6.07 Å². The number of hydrogen-bond acceptors (Lipinski definition) is 11. The van der Waals surface area contributed by atoms with Gasteiger partial charge in [0.05, 0.1) is 41.9 Å². The van der Waals surface area contributed by atoms with Crippen LogP contribution in [0.25, 0.3) is 0 Å². The Bertz CT molecular complexity index is 1370. The van der Waals surface area contributed by atoms with Crippen molar-refractivity contribution < 1.29 is 43.1 Å². The predicted molar refractivity (Wildman–Crippen MR) is 123 cm³/mol. The Labute approximate surface area is 208 Å². The molecule has 2 aliphatic rings. The fourth-order valence-corrected chi connectivity index (χ4v) is 4.21. The van der Waals surface area contributed by atoms with E-state index in [0.29, 0.717) is 4.90 Å². The lowest BCUT2D eigenvalue weighted by atomic mass is 10.0. The molecule has 5 amide bonds. The van der Waals surface area contributed by atoms with Gasteiger partial charge in [-0.05, 0) is 24.6 Å². The van der Waals surface area contributed by atoms with E-state index in [1.54, 1.807) is 0 Å². The molecule has 2 aromatic rings. The van der Waals surface area contributed by atoms with Gasteiger partial charge in [0.15, 0.2) is 11.5 Å². The third-order valence-electron chi connectivity index (χ3n) is 5.99. The number of nitrogens with two attached hydrogens (primary N) is 1. The lowest BCUT2D eigenvalue weighted by molar-refractivity contribution is -0.385. The molecule has 2 aliphatic heterocycles. The highest BCUT2D eigenvalue weighted by Crippen LogP contribution is 2.35. The van der Waals surface area contributed by atoms with Crippen LogP contribution in [0, 0.1) is 10.1 Å². The molecule has 2 N–H and O–H groups in total. The number of methoxy groups -OCH3 is 2. The number of likely N-dealkylation sites (tertiary alicyclic amines) is 1. The molecule has 0 saturated carbocycles. The van der Waals surface area contributed by atoms with Gasteiger partial charge >= 0.3 is 6.09 Å². The predicted octanol–water partition coefficient (Wildman–Crippen LogP) is 1.64. The first kappa shape index (κ1) is 25.1. The fourth-order valence-electron chi connectivity index (χ4n) is 4.21. The molecule has 0 bridgehead atoms. The quantitative estimate of drug-likeness (QED) is 0.256. The van der Waals surface area contributed by atoms with Crippen molar-refractivity contribution in [1.29, 1.82) is 0 Å². The molecule has 1 fully saturated rings. The Hall–Kier alpha value is -5.01. The van der Waals surface area contributed by atoms with Crippen molar-refractivity contribution in [2.75, 3.05) is 20.0 Å². The number of benzene rings is 2. The molecule has 14 nitrogen and oxygen atoms in total. The zero-order valence-electron chi connectivity index (χ0n) is 19.6. The van der Waals surface area contributed by atoms with Crippen molar-refractivity contribution in [1.82, 2.24) is 9.80 Å². The second-order valence-electron chi connectivity index (χ2n) is 8.02. The molecule has 4 rings (SSSR count). The number of amides is 5. The van der Waals surface area contributed by atoms with Crippen molar-refractivity contribution in [3.8, 4) is 11.5 Å². The van der Waals surface area contributed by atoms with E-state index in [2.05, 4.69) is 0 Å². The number of fused-ring (bicyclic) bond motifs is 1. The van der Waals surface area contributed by atoms with E-state index >= 15 is 0 Å². The Balaban J connectivity index is 1.56. The highest BCUT2D eigenvalue weighted by atomic mass is 16.6. The number of ether oxygens (including phenoxy) is 3. The number of piperidine rings is 1. The number of rotatable bonds is 6. The van der Waals surface area contributed by atoms with Crippen LogP contribution in [-0.4, -0.2) is 64.7 Å². The van der Waals surface area contributed by atoms with Crippen LogP contribution in [0.1, 0.15) is 39.1 Å². The molecule has 2 heterocycles. The monoisotopic (exact) mass is 512 g/mol. The van der Waals surface area contributed by atoms with Crippen LogP contribution in [0.3, 0.4) is 0 Å². The summed E-state index contributed by atoms with van der Waals surface area (Å²) in [6, 6.07) is 5.13. The van der Waals surface area contributed by atoms with Gasteiger partial charge in [0.2, 0.25) is 5.91 Å². The number of nitro groups is 1. The van der Waals surface area contributed by atoms with Crippen molar-refractivity contribution in [2.24, 2.45) is 0 Å². The third kappa shape index (κ3) is 4.17. The molecule has 192 valence electrons. The average molecular weight is 512 g/mol. The average Bonchev–Trinajstić information content (AvgIpc) is 3.12. The summed E-state index contributed by atoms with van der Waals surface area (Å²) in [4.78, 5) is 75.8. The summed E-state index contributed by atoms with van der Waals surface area (Å²) in [6.07, 6.45) is -1.96. The largest absolute Gasteiger partial charge is 0.493 e. The van der Waals surface area contributed by atoms with Gasteiger partial charge in [-0.25, -0.2) is 4.79 Å². The van der Waals surface area contributed by atoms with E-state index in [9.17, 15) is 34.1 Å². The van der Waals surface area contributed by atoms with Crippen LogP contribution >= 0.6 is 0 Å². The minimum atomic E-state index is -1.45. The van der Waals surface area contributed by atoms with Gasteiger partial charge in [0.25, 0.3) is 23.4 Å². The maximum absolute atomic E-state index is 13.1. The second-order valence-corrected chi connectivity index (χ2v) is 8.02. The summed E-state index contributed by atoms with van der Waals surface area (Å²) >= 11 is 0. The number of carbonyl (C=O) groups is 5. The van der Waals surface area contributed by atoms with Gasteiger partial charge in [-0.2, -0.15) is 4.90 Å². The van der Waals surface area contributed by atoms with Gasteiger partial charge in [-0.1, -0.05) is 6.07 Å². The first-order valence-corrected chi connectivity index (χ1v) is 10.8. The van der Waals surface area contributed by atoms with Crippen LogP contribution in [-0.2, 0) is 20.9 Å². The normalized spacial score (nSPS) is 17.1. The standard InChI is InChI=1S/C23H20N4O10/c1-35-16-8-11(15(27(33)34)9-17(16)36-2)10-37-23(32)26-18(28)7-6-14(21(26)30)25-20(29)12-4-3-5-13(24)19(12)22(25)31/h3-5,8-9,14H,6-7,10,24H2,1-2H3. The van der Waals surface area contributed by atoms with Gasteiger partial charge in [-0.15, -0.1) is 0 Å². The van der Waals surface area contributed by atoms with Gasteiger partial charge in [0.1, 0.15) is 12.6 Å². The molecule has 0 radical (unpaired) electrons. The minimum Gasteiger partial charge on any atom is -0.493 e. The molecule has 0 aromatic heterocycles. The Morgan fingerprint density at radius 2 is 1.78 bits per heavy atom. The van der Waals surface area contributed by atoms with E-state index in [1.807, 2.05) is 0 Å². The Morgan fingerprint density at radius 3 is 2.41 bits per heavy atom. The van der Waals surface area contributed by atoms with E-state index in [-0.39, 0.29) is 51.6 Å². The zero-order chi connectivity index (χ0) is 27.0. The minimum absolute atomic E-state index is 0.00425. The fraction of sp³-hybridized carbons (Fsp3) is 0.261. The molecular formula is C23H20N4O10. The van der Waals surface area contributed by atoms with Crippen LogP contribution in [0.15, 0.2) is 30.3 Å². The van der Waals surface area contributed by atoms with E-state index in [1.165, 1.54) is 38.5 Å². The van der Waals surface area contributed by atoms with Crippen molar-refractivity contribution in [2.45, 2.75) is 25.5 Å². The van der Waals surface area contributed by atoms with Crippen molar-refractivity contribution in [3.05, 3.63) is 57.1 Å². The summed E-state index contributed by atoms with van der Waals surface area (Å²) in [7, 11) is 2.59. The number of nitro benzene ring substituents is 1. The number of hydrogen-bond donors (Lipinski definition) is 1. The van der Waals surface area contributed by atoms with Gasteiger partial charge < -0.3 is 19.9 Å². The lowest BCUT2D eigenvalue weighted by Crippen LogP contribution is -2.57. The van der Waals surface area contributed by atoms with Gasteiger partial charge in [0, 0.05) is 12.1 Å². The Kier molecular flexibility index (Phi) is 6.49. The highest BCUT2D eigenvalue weighted by Gasteiger charge is 2.49. The SMILES string of the molecule is COc1cc(COC(=O)N2C(=O)CCC(N3C(=O)c4cccc(N)c4C3=O)C2=O)c([N+](=O)[O-])cc1OC. The summed E-state index contributed by atoms with van der Waals surface area (Å²) in [5, 5.41) is 11.5. The van der Waals surface area contributed by atoms with Crippen molar-refractivity contribution >= 4 is 41.1 Å². The summed E-state index contributed by atoms with van der Waals surface area (Å²) in [6.45, 7) is -0.694. The summed E-state index contributed by atoms with van der Waals surface area (Å²) in [5.41, 5.74) is 5.26. The smallest absolute Gasteiger partial charge is 0.423 e. The topological polar surface area (TPSA) is 189 Å². The zero-order valence-corrected chi connectivity index (χ0v) is 19.6. The van der Waals surface area contributed by atoms with E-state index in [4.69, 9.17) is 19.9 Å². The summed E-state index contributed by atoms with van der Waals surface area (Å²) in [5.74, 6) is -3.47. The highest BCUT2D eigenvalue weighted by molar-refractivity contribution is 6.26. The molecular weight excluding hydrogens is 492 g/mol. The van der Waals surface area contributed by atoms with Crippen LogP contribution in [0.5, 0.6) is 11.5 Å². The van der Waals surface area contributed by atoms with Crippen LogP contribution in [0.2, 0.25) is 0 Å². The van der Waals surface area contributed by atoms with E-state index < -0.39 is 53.0 Å². The molecule has 1 unspecified atom stereocenters.